The number of amides is 1. The minimum absolute atomic E-state index is 0.0367. The van der Waals surface area contributed by atoms with Gasteiger partial charge in [-0.25, -0.2) is 8.42 Å². The van der Waals surface area contributed by atoms with Crippen molar-refractivity contribution in [3.63, 3.8) is 0 Å². The summed E-state index contributed by atoms with van der Waals surface area (Å²) >= 11 is 0. The molecule has 1 N–H and O–H groups in total. The summed E-state index contributed by atoms with van der Waals surface area (Å²) in [4.78, 5) is 12.1. The molecule has 1 amide bonds. The average Bonchev–Trinajstić information content (AvgIpc) is 2.54. The van der Waals surface area contributed by atoms with Crippen LogP contribution in [0.1, 0.15) is 38.7 Å². The number of sulfonamides is 1. The Morgan fingerprint density at radius 1 is 1.13 bits per heavy atom. The van der Waals surface area contributed by atoms with Crippen molar-refractivity contribution in [3.05, 3.63) is 29.8 Å². The van der Waals surface area contributed by atoms with Crippen molar-refractivity contribution in [1.82, 2.24) is 9.62 Å². The quantitative estimate of drug-likeness (QED) is 0.864. The highest BCUT2D eigenvalue weighted by molar-refractivity contribution is 7.89. The summed E-state index contributed by atoms with van der Waals surface area (Å²) in [5.74, 6) is 0.376. The van der Waals surface area contributed by atoms with Gasteiger partial charge in [0.2, 0.25) is 15.9 Å². The smallest absolute Gasteiger partial charge is 0.243 e. The number of carbonyl (C=O) groups excluding carboxylic acids is 1. The molecule has 23 heavy (non-hydrogen) atoms. The summed E-state index contributed by atoms with van der Waals surface area (Å²) in [6, 6.07) is 6.67. The highest BCUT2D eigenvalue weighted by atomic mass is 32.2. The van der Waals surface area contributed by atoms with Gasteiger partial charge in [0, 0.05) is 19.6 Å². The fourth-order valence-corrected chi connectivity index (χ4v) is 4.12. The molecule has 2 rings (SSSR count). The summed E-state index contributed by atoms with van der Waals surface area (Å²) < 4.78 is 26.6. The summed E-state index contributed by atoms with van der Waals surface area (Å²) in [6.45, 7) is 5.94. The van der Waals surface area contributed by atoms with E-state index in [4.69, 9.17) is 0 Å². The molecular weight excluding hydrogens is 312 g/mol. The molecule has 0 aliphatic carbocycles. The van der Waals surface area contributed by atoms with Gasteiger partial charge < -0.3 is 5.32 Å². The van der Waals surface area contributed by atoms with Crippen LogP contribution in [-0.2, 0) is 21.2 Å². The van der Waals surface area contributed by atoms with Crippen molar-refractivity contribution in [2.24, 2.45) is 5.92 Å². The van der Waals surface area contributed by atoms with Crippen molar-refractivity contribution in [1.29, 1.82) is 0 Å². The van der Waals surface area contributed by atoms with Gasteiger partial charge in [0.1, 0.15) is 0 Å². The number of benzene rings is 1. The number of nitrogens with one attached hydrogen (secondary N) is 1. The molecule has 1 aromatic rings. The van der Waals surface area contributed by atoms with Gasteiger partial charge in [0.15, 0.2) is 0 Å². The Morgan fingerprint density at radius 3 is 2.30 bits per heavy atom. The minimum atomic E-state index is -3.40. The van der Waals surface area contributed by atoms with Gasteiger partial charge in [-0.3, -0.25) is 4.79 Å². The first-order valence-electron chi connectivity index (χ1n) is 8.25. The molecule has 1 heterocycles. The summed E-state index contributed by atoms with van der Waals surface area (Å²) in [6.07, 6.45) is 3.22. The topological polar surface area (TPSA) is 66.5 Å². The van der Waals surface area contributed by atoms with Gasteiger partial charge in [0.25, 0.3) is 0 Å². The predicted octanol–water partition coefficient (Wildman–Crippen LogP) is 2.18. The number of hydrogen-bond acceptors (Lipinski definition) is 3. The second-order valence-corrected chi connectivity index (χ2v) is 8.42. The molecule has 0 spiro atoms. The van der Waals surface area contributed by atoms with Crippen LogP contribution in [0.5, 0.6) is 0 Å². The van der Waals surface area contributed by atoms with E-state index in [1.54, 1.807) is 28.6 Å². The molecular formula is C17H26N2O3S. The van der Waals surface area contributed by atoms with E-state index in [1.165, 1.54) is 0 Å². The molecule has 1 aromatic carbocycles. The normalized spacial score (nSPS) is 16.5. The number of hydrogen-bond donors (Lipinski definition) is 1. The van der Waals surface area contributed by atoms with Crippen molar-refractivity contribution < 1.29 is 13.2 Å². The number of piperidine rings is 1. The molecule has 6 heteroatoms. The van der Waals surface area contributed by atoms with Crippen LogP contribution in [0.4, 0.5) is 0 Å². The van der Waals surface area contributed by atoms with Gasteiger partial charge in [0.05, 0.1) is 11.3 Å². The lowest BCUT2D eigenvalue weighted by atomic mass is 10.1. The van der Waals surface area contributed by atoms with Crippen LogP contribution in [0.25, 0.3) is 0 Å². The highest BCUT2D eigenvalue weighted by Crippen LogP contribution is 2.20. The van der Waals surface area contributed by atoms with Crippen LogP contribution in [0.3, 0.4) is 0 Å². The second-order valence-electron chi connectivity index (χ2n) is 6.48. The zero-order chi connectivity index (χ0) is 16.9. The van der Waals surface area contributed by atoms with Gasteiger partial charge in [-0.05, 0) is 36.5 Å². The standard InChI is InChI=1S/C17H26N2O3S/c1-14(2)13-18-17(20)12-15-6-8-16(9-7-15)23(21,22)19-10-4-3-5-11-19/h6-9,14H,3-5,10-13H2,1-2H3,(H,18,20). The second kappa shape index (κ2) is 7.93. The maximum atomic E-state index is 12.5. The van der Waals surface area contributed by atoms with Gasteiger partial charge in [-0.1, -0.05) is 32.4 Å². The van der Waals surface area contributed by atoms with E-state index in [9.17, 15) is 13.2 Å². The zero-order valence-electron chi connectivity index (χ0n) is 13.9. The molecule has 1 fully saturated rings. The van der Waals surface area contributed by atoms with Crippen LogP contribution in [0.2, 0.25) is 0 Å². The van der Waals surface area contributed by atoms with Crippen molar-refractivity contribution in [2.45, 2.75) is 44.4 Å². The van der Waals surface area contributed by atoms with Gasteiger partial charge >= 0.3 is 0 Å². The van der Waals surface area contributed by atoms with E-state index >= 15 is 0 Å². The third-order valence-electron chi connectivity index (χ3n) is 3.95. The van der Waals surface area contributed by atoms with E-state index in [-0.39, 0.29) is 12.3 Å². The SMILES string of the molecule is CC(C)CNC(=O)Cc1ccc(S(=O)(=O)N2CCCCC2)cc1. The molecule has 1 saturated heterocycles. The van der Waals surface area contributed by atoms with E-state index in [0.29, 0.717) is 30.4 Å². The van der Waals surface area contributed by atoms with Crippen LogP contribution in [-0.4, -0.2) is 38.3 Å². The molecule has 0 saturated carbocycles. The first-order valence-corrected chi connectivity index (χ1v) is 9.69. The maximum Gasteiger partial charge on any atom is 0.243 e. The number of nitrogens with zero attached hydrogens (tertiary/aromatic N) is 1. The van der Waals surface area contributed by atoms with Crippen LogP contribution in [0, 0.1) is 5.92 Å². The van der Waals surface area contributed by atoms with Crippen LogP contribution in [0.15, 0.2) is 29.2 Å². The zero-order valence-corrected chi connectivity index (χ0v) is 14.7. The Bertz CT molecular complexity index is 618. The Hall–Kier alpha value is -1.40. The molecule has 0 unspecified atom stereocenters. The maximum absolute atomic E-state index is 12.5. The molecule has 0 atom stereocenters. The molecule has 128 valence electrons. The Morgan fingerprint density at radius 2 is 1.74 bits per heavy atom. The highest BCUT2D eigenvalue weighted by Gasteiger charge is 2.25. The van der Waals surface area contributed by atoms with E-state index in [2.05, 4.69) is 5.32 Å². The predicted molar refractivity (Wildman–Crippen MR) is 90.6 cm³/mol. The van der Waals surface area contributed by atoms with Crippen LogP contribution >= 0.6 is 0 Å². The molecule has 0 aromatic heterocycles. The number of rotatable bonds is 6. The summed E-state index contributed by atoms with van der Waals surface area (Å²) in [5, 5.41) is 2.86. The largest absolute Gasteiger partial charge is 0.356 e. The summed E-state index contributed by atoms with van der Waals surface area (Å²) in [5.41, 5.74) is 0.823. The average molecular weight is 338 g/mol. The lowest BCUT2D eigenvalue weighted by Crippen LogP contribution is -2.35. The fraction of sp³-hybridized carbons (Fsp3) is 0.588. The fourth-order valence-electron chi connectivity index (χ4n) is 2.60. The molecule has 1 aliphatic rings. The monoisotopic (exact) mass is 338 g/mol. The minimum Gasteiger partial charge on any atom is -0.356 e. The van der Waals surface area contributed by atoms with Crippen LogP contribution < -0.4 is 5.32 Å². The molecule has 0 radical (unpaired) electrons. The molecule has 5 nitrogen and oxygen atoms in total. The Balaban J connectivity index is 2.00. The van der Waals surface area contributed by atoms with Crippen molar-refractivity contribution in [3.8, 4) is 0 Å². The van der Waals surface area contributed by atoms with Gasteiger partial charge in [-0.15, -0.1) is 0 Å². The van der Waals surface area contributed by atoms with E-state index < -0.39 is 10.0 Å². The Labute approximate surface area is 139 Å². The first kappa shape index (κ1) is 17.9. The van der Waals surface area contributed by atoms with E-state index in [0.717, 1.165) is 24.8 Å². The Kier molecular flexibility index (Phi) is 6.18. The summed E-state index contributed by atoms with van der Waals surface area (Å²) in [7, 11) is -3.40. The lowest BCUT2D eigenvalue weighted by molar-refractivity contribution is -0.120. The third kappa shape index (κ3) is 5.04. The first-order chi connectivity index (χ1) is 10.9. The van der Waals surface area contributed by atoms with Crippen molar-refractivity contribution >= 4 is 15.9 Å². The van der Waals surface area contributed by atoms with Gasteiger partial charge in [-0.2, -0.15) is 4.31 Å². The number of carbonyl (C=O) groups is 1. The third-order valence-corrected chi connectivity index (χ3v) is 5.86. The van der Waals surface area contributed by atoms with E-state index in [1.807, 2.05) is 13.8 Å². The lowest BCUT2D eigenvalue weighted by Gasteiger charge is -2.25. The molecule has 0 bridgehead atoms. The molecule has 1 aliphatic heterocycles. The van der Waals surface area contributed by atoms with Crippen molar-refractivity contribution in [2.75, 3.05) is 19.6 Å².